The zero-order valence-electron chi connectivity index (χ0n) is 11.1. The highest BCUT2D eigenvalue weighted by atomic mass is 16.4. The summed E-state index contributed by atoms with van der Waals surface area (Å²) in [5.74, 6) is 5.42. The molecule has 6 heteroatoms. The number of nitrogens with one attached hydrogen (secondary N) is 1. The SMILES string of the molecule is Cc1nnc(NC(=O)c2ccc(C#CCO)c(C)c2)o1. The minimum absolute atomic E-state index is 0.0642. The number of aliphatic hydroxyl groups is 1. The second-order valence-corrected chi connectivity index (χ2v) is 4.07. The van der Waals surface area contributed by atoms with Crippen molar-refractivity contribution in [2.45, 2.75) is 13.8 Å². The second kappa shape index (κ2) is 5.99. The molecule has 0 atom stereocenters. The number of hydrogen-bond acceptors (Lipinski definition) is 5. The predicted octanol–water partition coefficient (Wildman–Crippen LogP) is 1.28. The fraction of sp³-hybridized carbons (Fsp3) is 0.214. The van der Waals surface area contributed by atoms with Gasteiger partial charge in [0.05, 0.1) is 0 Å². The van der Waals surface area contributed by atoms with Gasteiger partial charge in [0.15, 0.2) is 0 Å². The van der Waals surface area contributed by atoms with E-state index in [1.165, 1.54) is 0 Å². The molecule has 1 aromatic carbocycles. The minimum Gasteiger partial charge on any atom is -0.408 e. The Balaban J connectivity index is 2.16. The van der Waals surface area contributed by atoms with Crippen LogP contribution in [-0.2, 0) is 0 Å². The molecule has 0 unspecified atom stereocenters. The number of carbonyl (C=O) groups excluding carboxylic acids is 1. The summed E-state index contributed by atoms with van der Waals surface area (Å²) in [6, 6.07) is 5.15. The molecule has 0 aliphatic heterocycles. The van der Waals surface area contributed by atoms with E-state index in [1.54, 1.807) is 25.1 Å². The van der Waals surface area contributed by atoms with Crippen LogP contribution in [0.15, 0.2) is 22.6 Å². The second-order valence-electron chi connectivity index (χ2n) is 4.07. The Labute approximate surface area is 115 Å². The fourth-order valence-electron chi connectivity index (χ4n) is 1.60. The number of hydrogen-bond donors (Lipinski definition) is 2. The summed E-state index contributed by atoms with van der Waals surface area (Å²) in [5, 5.41) is 18.5. The molecule has 0 aliphatic rings. The fourth-order valence-corrected chi connectivity index (χ4v) is 1.60. The highest BCUT2D eigenvalue weighted by Crippen LogP contribution is 2.12. The van der Waals surface area contributed by atoms with E-state index < -0.39 is 0 Å². The van der Waals surface area contributed by atoms with E-state index in [-0.39, 0.29) is 18.5 Å². The van der Waals surface area contributed by atoms with Crippen LogP contribution in [0.1, 0.15) is 27.4 Å². The molecule has 0 saturated heterocycles. The molecule has 102 valence electrons. The molecule has 0 radical (unpaired) electrons. The van der Waals surface area contributed by atoms with E-state index in [9.17, 15) is 4.79 Å². The predicted molar refractivity (Wildman–Crippen MR) is 72.1 cm³/mol. The molecule has 0 saturated carbocycles. The zero-order valence-corrected chi connectivity index (χ0v) is 11.1. The molecule has 1 heterocycles. The van der Waals surface area contributed by atoms with Crippen molar-refractivity contribution in [3.8, 4) is 11.8 Å². The minimum atomic E-state index is -0.335. The van der Waals surface area contributed by atoms with Gasteiger partial charge in [0.2, 0.25) is 5.89 Å². The van der Waals surface area contributed by atoms with Gasteiger partial charge in [-0.2, -0.15) is 0 Å². The van der Waals surface area contributed by atoms with E-state index in [0.717, 1.165) is 11.1 Å². The topological polar surface area (TPSA) is 88.2 Å². The van der Waals surface area contributed by atoms with E-state index in [1.807, 2.05) is 6.92 Å². The maximum absolute atomic E-state index is 12.0. The first-order chi connectivity index (χ1) is 9.60. The summed E-state index contributed by atoms with van der Waals surface area (Å²) in [7, 11) is 0. The average Bonchev–Trinajstić information content (AvgIpc) is 2.82. The van der Waals surface area contributed by atoms with Gasteiger partial charge < -0.3 is 9.52 Å². The summed E-state index contributed by atoms with van der Waals surface area (Å²) in [4.78, 5) is 12.0. The van der Waals surface area contributed by atoms with E-state index in [0.29, 0.717) is 11.5 Å². The lowest BCUT2D eigenvalue weighted by molar-refractivity contribution is 0.102. The summed E-state index contributed by atoms with van der Waals surface area (Å²) in [6.45, 7) is 3.29. The Morgan fingerprint density at radius 3 is 2.80 bits per heavy atom. The summed E-state index contributed by atoms with van der Waals surface area (Å²) >= 11 is 0. The molecule has 0 bridgehead atoms. The summed E-state index contributed by atoms with van der Waals surface area (Å²) in [5.41, 5.74) is 2.08. The maximum atomic E-state index is 12.0. The van der Waals surface area contributed by atoms with Gasteiger partial charge in [0, 0.05) is 18.1 Å². The molecule has 0 spiro atoms. The molecule has 6 nitrogen and oxygen atoms in total. The van der Waals surface area contributed by atoms with Crippen LogP contribution >= 0.6 is 0 Å². The van der Waals surface area contributed by atoms with Gasteiger partial charge in [-0.1, -0.05) is 16.9 Å². The smallest absolute Gasteiger partial charge is 0.322 e. The first-order valence-electron chi connectivity index (χ1n) is 5.92. The lowest BCUT2D eigenvalue weighted by atomic mass is 10.1. The van der Waals surface area contributed by atoms with Crippen LogP contribution in [0.3, 0.4) is 0 Å². The Bertz CT molecular complexity index is 695. The van der Waals surface area contributed by atoms with Gasteiger partial charge >= 0.3 is 6.01 Å². The lowest BCUT2D eigenvalue weighted by Crippen LogP contribution is -2.12. The number of aryl methyl sites for hydroxylation is 2. The van der Waals surface area contributed by atoms with Crippen molar-refractivity contribution in [1.82, 2.24) is 10.2 Å². The quantitative estimate of drug-likeness (QED) is 0.803. The summed E-state index contributed by atoms with van der Waals surface area (Å²) < 4.78 is 5.08. The average molecular weight is 271 g/mol. The van der Waals surface area contributed by atoms with Gasteiger partial charge in [-0.3, -0.25) is 10.1 Å². The lowest BCUT2D eigenvalue weighted by Gasteiger charge is -2.03. The van der Waals surface area contributed by atoms with E-state index >= 15 is 0 Å². The molecule has 20 heavy (non-hydrogen) atoms. The molecular weight excluding hydrogens is 258 g/mol. The number of carbonyl (C=O) groups is 1. The highest BCUT2D eigenvalue weighted by Gasteiger charge is 2.11. The molecule has 2 N–H and O–H groups in total. The van der Waals surface area contributed by atoms with Crippen LogP contribution < -0.4 is 5.32 Å². The van der Waals surface area contributed by atoms with Crippen LogP contribution in [0.25, 0.3) is 0 Å². The van der Waals surface area contributed by atoms with Crippen molar-refractivity contribution in [1.29, 1.82) is 0 Å². The van der Waals surface area contributed by atoms with Crippen LogP contribution in [-0.4, -0.2) is 27.8 Å². The Kier molecular flexibility index (Phi) is 4.13. The van der Waals surface area contributed by atoms with Crippen molar-refractivity contribution in [3.63, 3.8) is 0 Å². The van der Waals surface area contributed by atoms with Crippen LogP contribution in [0, 0.1) is 25.7 Å². The van der Waals surface area contributed by atoms with Gasteiger partial charge in [-0.15, -0.1) is 5.10 Å². The molecule has 2 rings (SSSR count). The Hall–Kier alpha value is -2.65. The monoisotopic (exact) mass is 271 g/mol. The van der Waals surface area contributed by atoms with Crippen LogP contribution in [0.4, 0.5) is 6.01 Å². The number of anilines is 1. The molecule has 1 aromatic heterocycles. The van der Waals surface area contributed by atoms with Gasteiger partial charge in [-0.25, -0.2) is 0 Å². The molecule has 0 aliphatic carbocycles. The van der Waals surface area contributed by atoms with Crippen LogP contribution in [0.2, 0.25) is 0 Å². The number of nitrogens with zero attached hydrogens (tertiary/aromatic N) is 2. The largest absolute Gasteiger partial charge is 0.408 e. The van der Waals surface area contributed by atoms with E-state index in [2.05, 4.69) is 27.4 Å². The number of benzene rings is 1. The molecular formula is C14H13N3O3. The maximum Gasteiger partial charge on any atom is 0.322 e. The summed E-state index contributed by atoms with van der Waals surface area (Å²) in [6.07, 6.45) is 0. The van der Waals surface area contributed by atoms with E-state index in [4.69, 9.17) is 9.52 Å². The number of aromatic nitrogens is 2. The van der Waals surface area contributed by atoms with Crippen molar-refractivity contribution >= 4 is 11.9 Å². The highest BCUT2D eigenvalue weighted by molar-refractivity contribution is 6.03. The number of rotatable bonds is 2. The van der Waals surface area contributed by atoms with Crippen molar-refractivity contribution in [2.24, 2.45) is 0 Å². The zero-order chi connectivity index (χ0) is 14.5. The van der Waals surface area contributed by atoms with Crippen molar-refractivity contribution < 1.29 is 14.3 Å². The molecule has 2 aromatic rings. The molecule has 1 amide bonds. The van der Waals surface area contributed by atoms with Crippen molar-refractivity contribution in [2.75, 3.05) is 11.9 Å². The van der Waals surface area contributed by atoms with Gasteiger partial charge in [-0.05, 0) is 30.7 Å². The first-order valence-corrected chi connectivity index (χ1v) is 5.92. The third-order valence-electron chi connectivity index (χ3n) is 2.54. The van der Waals surface area contributed by atoms with Crippen LogP contribution in [0.5, 0.6) is 0 Å². The normalized spacial score (nSPS) is 9.75. The molecule has 0 fully saturated rings. The number of amides is 1. The van der Waals surface area contributed by atoms with Gasteiger partial charge in [0.1, 0.15) is 6.61 Å². The van der Waals surface area contributed by atoms with Gasteiger partial charge in [0.25, 0.3) is 5.91 Å². The number of aliphatic hydroxyl groups excluding tert-OH is 1. The standard InChI is InChI=1S/C14H13N3O3/c1-9-8-12(6-5-11(9)4-3-7-18)13(19)15-14-17-16-10(2)20-14/h5-6,8,18H,7H2,1-2H3,(H,15,17,19). The Morgan fingerprint density at radius 2 is 2.20 bits per heavy atom. The third-order valence-corrected chi connectivity index (χ3v) is 2.54. The Morgan fingerprint density at radius 1 is 1.40 bits per heavy atom. The van der Waals surface area contributed by atoms with Crippen molar-refractivity contribution in [3.05, 3.63) is 40.8 Å². The first kappa shape index (κ1) is 13.8. The third kappa shape index (κ3) is 3.22.